The van der Waals surface area contributed by atoms with E-state index in [9.17, 15) is 4.79 Å². The SMILES string of the molecule is CCN(CC)CCCNC(=O)c1cc2c(-c3ccc(OC)c(OC)c3)nn(C)c2s1. The van der Waals surface area contributed by atoms with Gasteiger partial charge in [-0.15, -0.1) is 11.3 Å². The summed E-state index contributed by atoms with van der Waals surface area (Å²) >= 11 is 1.46. The first-order valence-corrected chi connectivity index (χ1v) is 11.0. The summed E-state index contributed by atoms with van der Waals surface area (Å²) in [6, 6.07) is 7.66. The number of hydrogen-bond donors (Lipinski definition) is 1. The number of aromatic nitrogens is 2. The fourth-order valence-electron chi connectivity index (χ4n) is 3.48. The molecule has 0 radical (unpaired) electrons. The lowest BCUT2D eigenvalue weighted by atomic mass is 10.1. The number of thiophene rings is 1. The molecule has 0 spiro atoms. The lowest BCUT2D eigenvalue weighted by Gasteiger charge is -2.17. The third-order valence-electron chi connectivity index (χ3n) is 5.22. The zero-order valence-corrected chi connectivity index (χ0v) is 19.1. The van der Waals surface area contributed by atoms with E-state index in [-0.39, 0.29) is 5.91 Å². The van der Waals surface area contributed by atoms with Gasteiger partial charge in [0.1, 0.15) is 10.5 Å². The molecule has 0 saturated heterocycles. The summed E-state index contributed by atoms with van der Waals surface area (Å²) in [6.07, 6.45) is 0.941. The summed E-state index contributed by atoms with van der Waals surface area (Å²) in [6.45, 7) is 8.05. The van der Waals surface area contributed by atoms with Gasteiger partial charge in [-0.3, -0.25) is 9.48 Å². The van der Waals surface area contributed by atoms with Gasteiger partial charge in [0.15, 0.2) is 11.5 Å². The summed E-state index contributed by atoms with van der Waals surface area (Å²) in [5, 5.41) is 8.66. The van der Waals surface area contributed by atoms with E-state index in [0.717, 1.165) is 47.5 Å². The summed E-state index contributed by atoms with van der Waals surface area (Å²) in [5.41, 5.74) is 1.74. The molecule has 0 saturated carbocycles. The number of benzene rings is 1. The van der Waals surface area contributed by atoms with Crippen LogP contribution in [-0.4, -0.2) is 61.0 Å². The van der Waals surface area contributed by atoms with Crippen molar-refractivity contribution in [1.82, 2.24) is 20.0 Å². The van der Waals surface area contributed by atoms with Crippen LogP contribution in [0.25, 0.3) is 21.5 Å². The van der Waals surface area contributed by atoms with Gasteiger partial charge in [0.05, 0.1) is 19.1 Å². The van der Waals surface area contributed by atoms with Crippen LogP contribution >= 0.6 is 11.3 Å². The highest BCUT2D eigenvalue weighted by Crippen LogP contribution is 2.37. The van der Waals surface area contributed by atoms with Crippen molar-refractivity contribution in [1.29, 1.82) is 0 Å². The molecule has 1 N–H and O–H groups in total. The van der Waals surface area contributed by atoms with Gasteiger partial charge in [-0.1, -0.05) is 13.8 Å². The monoisotopic (exact) mass is 430 g/mol. The van der Waals surface area contributed by atoms with Crippen LogP contribution < -0.4 is 14.8 Å². The second-order valence-electron chi connectivity index (χ2n) is 7.01. The molecular formula is C22H30N4O3S. The molecule has 8 heteroatoms. The van der Waals surface area contributed by atoms with Crippen LogP contribution in [-0.2, 0) is 7.05 Å². The number of fused-ring (bicyclic) bond motifs is 1. The number of amides is 1. The molecule has 7 nitrogen and oxygen atoms in total. The van der Waals surface area contributed by atoms with Crippen molar-refractivity contribution in [2.24, 2.45) is 7.05 Å². The molecule has 2 aromatic heterocycles. The Labute approximate surface area is 181 Å². The van der Waals surface area contributed by atoms with Crippen molar-refractivity contribution in [2.75, 3.05) is 40.4 Å². The van der Waals surface area contributed by atoms with E-state index < -0.39 is 0 Å². The molecule has 3 rings (SSSR count). The minimum Gasteiger partial charge on any atom is -0.493 e. The normalized spacial score (nSPS) is 11.3. The predicted molar refractivity (Wildman–Crippen MR) is 122 cm³/mol. The van der Waals surface area contributed by atoms with Gasteiger partial charge in [-0.05, 0) is 50.3 Å². The quantitative estimate of drug-likeness (QED) is 0.496. The average molecular weight is 431 g/mol. The molecule has 0 bridgehead atoms. The maximum atomic E-state index is 12.7. The predicted octanol–water partition coefficient (Wildman–Crippen LogP) is 3.78. The zero-order chi connectivity index (χ0) is 21.7. The first kappa shape index (κ1) is 22.1. The van der Waals surface area contributed by atoms with Gasteiger partial charge in [0, 0.05) is 24.5 Å². The zero-order valence-electron chi connectivity index (χ0n) is 18.3. The Kier molecular flexibility index (Phi) is 7.33. The average Bonchev–Trinajstić information content (AvgIpc) is 3.34. The third-order valence-corrected chi connectivity index (χ3v) is 6.42. The third kappa shape index (κ3) is 4.60. The van der Waals surface area contributed by atoms with Gasteiger partial charge in [0.2, 0.25) is 0 Å². The number of nitrogens with one attached hydrogen (secondary N) is 1. The first-order chi connectivity index (χ1) is 14.5. The van der Waals surface area contributed by atoms with E-state index in [2.05, 4.69) is 29.2 Å². The van der Waals surface area contributed by atoms with Crippen molar-refractivity contribution in [3.63, 3.8) is 0 Å². The van der Waals surface area contributed by atoms with Gasteiger partial charge in [-0.25, -0.2) is 0 Å². The van der Waals surface area contributed by atoms with E-state index in [4.69, 9.17) is 9.47 Å². The van der Waals surface area contributed by atoms with Crippen LogP contribution in [0.3, 0.4) is 0 Å². The highest BCUT2D eigenvalue weighted by Gasteiger charge is 2.19. The highest BCUT2D eigenvalue weighted by molar-refractivity contribution is 7.20. The maximum Gasteiger partial charge on any atom is 0.261 e. The van der Waals surface area contributed by atoms with Crippen LogP contribution in [0.5, 0.6) is 11.5 Å². The number of methoxy groups -OCH3 is 2. The summed E-state index contributed by atoms with van der Waals surface area (Å²) in [4.78, 5) is 16.7. The van der Waals surface area contributed by atoms with E-state index in [1.54, 1.807) is 14.2 Å². The molecule has 0 fully saturated rings. The minimum atomic E-state index is -0.0333. The van der Waals surface area contributed by atoms with Crippen LogP contribution in [0, 0.1) is 0 Å². The van der Waals surface area contributed by atoms with E-state index in [0.29, 0.717) is 22.9 Å². The van der Waals surface area contributed by atoms with Crippen molar-refractivity contribution < 1.29 is 14.3 Å². The fraction of sp³-hybridized carbons (Fsp3) is 0.455. The van der Waals surface area contributed by atoms with Crippen LogP contribution in [0.1, 0.15) is 29.9 Å². The molecule has 2 heterocycles. The Morgan fingerprint density at radius 2 is 1.90 bits per heavy atom. The standard InChI is InChI=1S/C22H30N4O3S/c1-6-26(7-2)12-8-11-23-21(27)19-14-16-20(24-25(3)22(16)30-19)15-9-10-17(28-4)18(13-15)29-5/h9-10,13-14H,6-8,11-12H2,1-5H3,(H,23,27). The van der Waals surface area contributed by atoms with Crippen LogP contribution in [0.2, 0.25) is 0 Å². The lowest BCUT2D eigenvalue weighted by molar-refractivity contribution is 0.0956. The number of carbonyl (C=O) groups is 1. The smallest absolute Gasteiger partial charge is 0.261 e. The minimum absolute atomic E-state index is 0.0333. The Morgan fingerprint density at radius 3 is 2.57 bits per heavy atom. The Hall–Kier alpha value is -2.58. The topological polar surface area (TPSA) is 68.6 Å². The molecule has 0 aliphatic carbocycles. The van der Waals surface area contributed by atoms with Crippen molar-refractivity contribution in [3.8, 4) is 22.8 Å². The number of aryl methyl sites for hydroxylation is 1. The number of rotatable bonds is 10. The first-order valence-electron chi connectivity index (χ1n) is 10.2. The largest absolute Gasteiger partial charge is 0.493 e. The molecule has 0 aliphatic heterocycles. The van der Waals surface area contributed by atoms with Crippen molar-refractivity contribution in [2.45, 2.75) is 20.3 Å². The molecule has 0 aliphatic rings. The van der Waals surface area contributed by atoms with Crippen LogP contribution in [0.4, 0.5) is 0 Å². The molecule has 0 atom stereocenters. The van der Waals surface area contributed by atoms with Gasteiger partial charge >= 0.3 is 0 Å². The molecule has 3 aromatic rings. The molecule has 1 aromatic carbocycles. The summed E-state index contributed by atoms with van der Waals surface area (Å²) in [5.74, 6) is 1.28. The van der Waals surface area contributed by atoms with Crippen molar-refractivity contribution >= 4 is 27.5 Å². The molecule has 162 valence electrons. The Morgan fingerprint density at radius 1 is 1.17 bits per heavy atom. The van der Waals surface area contributed by atoms with Gasteiger partial charge in [0.25, 0.3) is 5.91 Å². The molecule has 1 amide bonds. The fourth-order valence-corrected chi connectivity index (χ4v) is 4.47. The second kappa shape index (κ2) is 9.95. The highest BCUT2D eigenvalue weighted by atomic mass is 32.1. The number of nitrogens with zero attached hydrogens (tertiary/aromatic N) is 3. The summed E-state index contributed by atoms with van der Waals surface area (Å²) in [7, 11) is 5.13. The maximum absolute atomic E-state index is 12.7. The van der Waals surface area contributed by atoms with Gasteiger partial charge in [-0.2, -0.15) is 5.10 Å². The number of carbonyl (C=O) groups excluding carboxylic acids is 1. The molecule has 30 heavy (non-hydrogen) atoms. The Balaban J connectivity index is 1.78. The van der Waals surface area contributed by atoms with Crippen molar-refractivity contribution in [3.05, 3.63) is 29.1 Å². The molecular weight excluding hydrogens is 400 g/mol. The second-order valence-corrected chi connectivity index (χ2v) is 8.04. The number of ether oxygens (including phenoxy) is 2. The van der Waals surface area contributed by atoms with Gasteiger partial charge < -0.3 is 19.7 Å². The van der Waals surface area contributed by atoms with E-state index in [1.807, 2.05) is 36.0 Å². The Bertz CT molecular complexity index is 1010. The number of hydrogen-bond acceptors (Lipinski definition) is 6. The molecule has 0 unspecified atom stereocenters. The van der Waals surface area contributed by atoms with E-state index in [1.165, 1.54) is 11.3 Å². The summed E-state index contributed by atoms with van der Waals surface area (Å²) < 4.78 is 12.6. The van der Waals surface area contributed by atoms with Crippen LogP contribution in [0.15, 0.2) is 24.3 Å². The van der Waals surface area contributed by atoms with E-state index >= 15 is 0 Å². The lowest BCUT2D eigenvalue weighted by Crippen LogP contribution is -2.29.